The molecule has 1 aromatic heterocycles. The van der Waals surface area contributed by atoms with Crippen molar-refractivity contribution in [2.24, 2.45) is 0 Å². The maximum atomic E-state index is 12.5. The third kappa shape index (κ3) is 3.03. The third-order valence-electron chi connectivity index (χ3n) is 2.93. The predicted octanol–water partition coefficient (Wildman–Crippen LogP) is 3.32. The average Bonchev–Trinajstić information content (AvgIpc) is 2.97. The number of carbonyl (C=O) groups is 1. The standard InChI is InChI=1S/C14H14N2O3S/c1-2-15(10-11-6-5-9-20-11)14(17)12-7-3-4-8-13(12)16(18)19/h3-9H,2,10H2,1H3. The summed E-state index contributed by atoms with van der Waals surface area (Å²) in [7, 11) is 0. The molecule has 0 aliphatic rings. The number of nitro benzene ring substituents is 1. The average molecular weight is 290 g/mol. The predicted molar refractivity (Wildman–Crippen MR) is 77.8 cm³/mol. The lowest BCUT2D eigenvalue weighted by Gasteiger charge is -2.20. The number of nitrogens with zero attached hydrogens (tertiary/aromatic N) is 2. The van der Waals surface area contributed by atoms with Crippen LogP contribution in [0, 0.1) is 10.1 Å². The lowest BCUT2D eigenvalue weighted by atomic mass is 10.1. The van der Waals surface area contributed by atoms with Gasteiger partial charge in [0.15, 0.2) is 0 Å². The van der Waals surface area contributed by atoms with Gasteiger partial charge in [-0.25, -0.2) is 0 Å². The molecule has 0 saturated carbocycles. The van der Waals surface area contributed by atoms with Crippen molar-refractivity contribution in [3.05, 3.63) is 62.3 Å². The second-order valence-corrected chi connectivity index (χ2v) is 5.21. The molecule has 0 fully saturated rings. The zero-order valence-electron chi connectivity index (χ0n) is 11.0. The molecule has 1 heterocycles. The Hall–Kier alpha value is -2.21. The summed E-state index contributed by atoms with van der Waals surface area (Å²) in [4.78, 5) is 25.6. The van der Waals surface area contributed by atoms with Gasteiger partial charge in [-0.3, -0.25) is 14.9 Å². The summed E-state index contributed by atoms with van der Waals surface area (Å²) >= 11 is 1.56. The molecule has 20 heavy (non-hydrogen) atoms. The maximum absolute atomic E-state index is 12.5. The van der Waals surface area contributed by atoms with E-state index in [1.807, 2.05) is 24.4 Å². The summed E-state index contributed by atoms with van der Waals surface area (Å²) in [6, 6.07) is 9.91. The van der Waals surface area contributed by atoms with E-state index in [9.17, 15) is 14.9 Å². The van der Waals surface area contributed by atoms with E-state index in [0.29, 0.717) is 13.1 Å². The lowest BCUT2D eigenvalue weighted by molar-refractivity contribution is -0.385. The Morgan fingerprint density at radius 3 is 2.65 bits per heavy atom. The summed E-state index contributed by atoms with van der Waals surface area (Å²) in [6.07, 6.45) is 0. The number of carbonyl (C=O) groups excluding carboxylic acids is 1. The highest BCUT2D eigenvalue weighted by atomic mass is 32.1. The summed E-state index contributed by atoms with van der Waals surface area (Å²) < 4.78 is 0. The number of para-hydroxylation sites is 1. The van der Waals surface area contributed by atoms with Gasteiger partial charge in [0.25, 0.3) is 11.6 Å². The molecule has 0 aliphatic carbocycles. The van der Waals surface area contributed by atoms with Crippen molar-refractivity contribution in [1.82, 2.24) is 4.90 Å². The van der Waals surface area contributed by atoms with Gasteiger partial charge in [0.1, 0.15) is 5.56 Å². The third-order valence-corrected chi connectivity index (χ3v) is 3.79. The largest absolute Gasteiger partial charge is 0.334 e. The molecule has 1 amide bonds. The molecule has 0 bridgehead atoms. The topological polar surface area (TPSA) is 63.5 Å². The fourth-order valence-electron chi connectivity index (χ4n) is 1.90. The molecule has 1 aromatic carbocycles. The molecule has 0 N–H and O–H groups in total. The minimum atomic E-state index is -0.522. The lowest BCUT2D eigenvalue weighted by Crippen LogP contribution is -2.30. The molecule has 0 unspecified atom stereocenters. The number of rotatable bonds is 5. The van der Waals surface area contributed by atoms with Crippen LogP contribution in [-0.2, 0) is 6.54 Å². The van der Waals surface area contributed by atoms with E-state index in [0.717, 1.165) is 4.88 Å². The van der Waals surface area contributed by atoms with Crippen LogP contribution in [0.3, 0.4) is 0 Å². The Balaban J connectivity index is 2.27. The highest BCUT2D eigenvalue weighted by molar-refractivity contribution is 7.09. The SMILES string of the molecule is CCN(Cc1cccs1)C(=O)c1ccccc1[N+](=O)[O-]. The smallest absolute Gasteiger partial charge is 0.282 e. The molecular weight excluding hydrogens is 276 g/mol. The molecule has 6 heteroatoms. The van der Waals surface area contributed by atoms with Gasteiger partial charge in [-0.15, -0.1) is 11.3 Å². The van der Waals surface area contributed by atoms with Crippen LogP contribution in [0.2, 0.25) is 0 Å². The monoisotopic (exact) mass is 290 g/mol. The van der Waals surface area contributed by atoms with E-state index in [1.54, 1.807) is 28.4 Å². The van der Waals surface area contributed by atoms with Crippen molar-refractivity contribution in [1.29, 1.82) is 0 Å². The minimum Gasteiger partial charge on any atom is -0.334 e. The van der Waals surface area contributed by atoms with Gasteiger partial charge in [-0.05, 0) is 24.4 Å². The number of hydrogen-bond donors (Lipinski definition) is 0. The summed E-state index contributed by atoms with van der Waals surface area (Å²) in [5.74, 6) is -0.312. The van der Waals surface area contributed by atoms with Crippen molar-refractivity contribution >= 4 is 22.9 Å². The van der Waals surface area contributed by atoms with Gasteiger partial charge in [-0.2, -0.15) is 0 Å². The number of benzene rings is 1. The van der Waals surface area contributed by atoms with Gasteiger partial charge in [0.2, 0.25) is 0 Å². The van der Waals surface area contributed by atoms with Crippen LogP contribution in [0.1, 0.15) is 22.2 Å². The Labute approximate surface area is 120 Å². The first kappa shape index (κ1) is 14.2. The van der Waals surface area contributed by atoms with E-state index in [1.165, 1.54) is 12.1 Å². The number of nitro groups is 1. The molecule has 0 atom stereocenters. The second kappa shape index (κ2) is 6.29. The van der Waals surface area contributed by atoms with Crippen molar-refractivity contribution in [3.8, 4) is 0 Å². The minimum absolute atomic E-state index is 0.135. The number of thiophene rings is 1. The van der Waals surface area contributed by atoms with Crippen molar-refractivity contribution in [3.63, 3.8) is 0 Å². The Kier molecular flexibility index (Phi) is 4.47. The zero-order chi connectivity index (χ0) is 14.5. The van der Waals surface area contributed by atoms with Crippen LogP contribution in [0.25, 0.3) is 0 Å². The van der Waals surface area contributed by atoms with E-state index in [2.05, 4.69) is 0 Å². The van der Waals surface area contributed by atoms with E-state index in [4.69, 9.17) is 0 Å². The maximum Gasteiger partial charge on any atom is 0.282 e. The first-order chi connectivity index (χ1) is 9.63. The number of amides is 1. The Morgan fingerprint density at radius 1 is 1.30 bits per heavy atom. The molecule has 0 radical (unpaired) electrons. The fourth-order valence-corrected chi connectivity index (χ4v) is 2.62. The van der Waals surface area contributed by atoms with Gasteiger partial charge < -0.3 is 4.90 Å². The first-order valence-electron chi connectivity index (χ1n) is 6.18. The van der Waals surface area contributed by atoms with Crippen molar-refractivity contribution in [2.75, 3.05) is 6.54 Å². The summed E-state index contributed by atoms with van der Waals surface area (Å²) in [5.41, 5.74) is -0.0157. The number of hydrogen-bond acceptors (Lipinski definition) is 4. The summed E-state index contributed by atoms with van der Waals surface area (Å²) in [5, 5.41) is 12.9. The van der Waals surface area contributed by atoms with Gasteiger partial charge in [-0.1, -0.05) is 18.2 Å². The molecule has 5 nitrogen and oxygen atoms in total. The molecular formula is C14H14N2O3S. The van der Waals surface area contributed by atoms with E-state index in [-0.39, 0.29) is 17.2 Å². The molecule has 0 spiro atoms. The molecule has 2 rings (SSSR count). The van der Waals surface area contributed by atoms with Gasteiger partial charge >= 0.3 is 0 Å². The van der Waals surface area contributed by atoms with Crippen LogP contribution >= 0.6 is 11.3 Å². The van der Waals surface area contributed by atoms with Crippen LogP contribution in [0.5, 0.6) is 0 Å². The quantitative estimate of drug-likeness (QED) is 0.627. The Morgan fingerprint density at radius 2 is 2.05 bits per heavy atom. The first-order valence-corrected chi connectivity index (χ1v) is 7.06. The van der Waals surface area contributed by atoms with E-state index < -0.39 is 4.92 Å². The highest BCUT2D eigenvalue weighted by Crippen LogP contribution is 2.21. The van der Waals surface area contributed by atoms with E-state index >= 15 is 0 Å². The second-order valence-electron chi connectivity index (χ2n) is 4.17. The van der Waals surface area contributed by atoms with Crippen LogP contribution in [0.15, 0.2) is 41.8 Å². The zero-order valence-corrected chi connectivity index (χ0v) is 11.8. The van der Waals surface area contributed by atoms with Crippen LogP contribution in [-0.4, -0.2) is 22.3 Å². The molecule has 0 aliphatic heterocycles. The molecule has 104 valence electrons. The van der Waals surface area contributed by atoms with Gasteiger partial charge in [0.05, 0.1) is 11.5 Å². The molecule has 2 aromatic rings. The summed E-state index contributed by atoms with van der Waals surface area (Å²) in [6.45, 7) is 2.84. The normalized spacial score (nSPS) is 10.2. The van der Waals surface area contributed by atoms with Crippen LogP contribution in [0.4, 0.5) is 5.69 Å². The van der Waals surface area contributed by atoms with Gasteiger partial charge in [0, 0.05) is 17.5 Å². The fraction of sp³-hybridized carbons (Fsp3) is 0.214. The van der Waals surface area contributed by atoms with Crippen molar-refractivity contribution in [2.45, 2.75) is 13.5 Å². The molecule has 0 saturated heterocycles. The van der Waals surface area contributed by atoms with Crippen LogP contribution < -0.4 is 0 Å². The van der Waals surface area contributed by atoms with Crippen molar-refractivity contribution < 1.29 is 9.72 Å². The Bertz CT molecular complexity index is 611. The highest BCUT2D eigenvalue weighted by Gasteiger charge is 2.23.